The van der Waals surface area contributed by atoms with Gasteiger partial charge in [0, 0.05) is 11.3 Å². The highest BCUT2D eigenvalue weighted by Crippen LogP contribution is 2.31. The second-order valence-corrected chi connectivity index (χ2v) is 4.48. The Morgan fingerprint density at radius 2 is 1.89 bits per heavy atom. The minimum atomic E-state index is 0.734. The smallest absolute Gasteiger partial charge is 0.127 e. The molecule has 2 N–H and O–H groups in total. The number of ether oxygens (including phenoxy) is 1. The van der Waals surface area contributed by atoms with Crippen LogP contribution in [0.5, 0.6) is 5.75 Å². The average molecular weight is 241 g/mol. The van der Waals surface area contributed by atoms with Crippen LogP contribution in [0.3, 0.4) is 0 Å². The number of hydrogen-bond donors (Lipinski definition) is 1. The molecule has 0 saturated heterocycles. The number of rotatable bonds is 4. The zero-order valence-electron chi connectivity index (χ0n) is 10.9. The van der Waals surface area contributed by atoms with Gasteiger partial charge in [-0.3, -0.25) is 0 Å². The van der Waals surface area contributed by atoms with E-state index in [1.807, 2.05) is 30.3 Å². The molecule has 2 aromatic rings. The van der Waals surface area contributed by atoms with E-state index < -0.39 is 0 Å². The number of para-hydroxylation sites is 1. The number of anilines is 1. The maximum absolute atomic E-state index is 5.91. The molecule has 2 rings (SSSR count). The molecule has 2 nitrogen and oxygen atoms in total. The Morgan fingerprint density at radius 3 is 2.61 bits per heavy atom. The number of hydrogen-bond acceptors (Lipinski definition) is 2. The molecule has 0 atom stereocenters. The lowest BCUT2D eigenvalue weighted by Gasteiger charge is -2.12. The second-order valence-electron chi connectivity index (χ2n) is 4.48. The minimum absolute atomic E-state index is 0.734. The van der Waals surface area contributed by atoms with Gasteiger partial charge in [0.2, 0.25) is 0 Å². The van der Waals surface area contributed by atoms with Gasteiger partial charge in [-0.25, -0.2) is 0 Å². The van der Waals surface area contributed by atoms with Crippen molar-refractivity contribution < 1.29 is 4.74 Å². The van der Waals surface area contributed by atoms with E-state index in [-0.39, 0.29) is 0 Å². The zero-order chi connectivity index (χ0) is 13.0. The Morgan fingerprint density at radius 1 is 1.11 bits per heavy atom. The van der Waals surface area contributed by atoms with E-state index in [0.29, 0.717) is 0 Å². The summed E-state index contributed by atoms with van der Waals surface area (Å²) >= 11 is 0. The number of benzene rings is 2. The third-order valence-electron chi connectivity index (χ3n) is 2.76. The Kier molecular flexibility index (Phi) is 3.88. The van der Waals surface area contributed by atoms with Crippen LogP contribution in [0.25, 0.3) is 11.1 Å². The van der Waals surface area contributed by atoms with E-state index in [2.05, 4.69) is 26.0 Å². The van der Waals surface area contributed by atoms with Crippen molar-refractivity contribution in [1.82, 2.24) is 0 Å². The molecular weight excluding hydrogens is 222 g/mol. The van der Waals surface area contributed by atoms with Crippen LogP contribution in [0.1, 0.15) is 18.9 Å². The Balaban J connectivity index is 2.42. The van der Waals surface area contributed by atoms with E-state index in [4.69, 9.17) is 10.5 Å². The first-order valence-electron chi connectivity index (χ1n) is 6.30. The van der Waals surface area contributed by atoms with Gasteiger partial charge < -0.3 is 10.5 Å². The van der Waals surface area contributed by atoms with Crippen molar-refractivity contribution in [3.8, 4) is 16.9 Å². The fourth-order valence-electron chi connectivity index (χ4n) is 2.01. The average Bonchev–Trinajstić information content (AvgIpc) is 2.35. The van der Waals surface area contributed by atoms with Gasteiger partial charge in [-0.05, 0) is 42.7 Å². The van der Waals surface area contributed by atoms with Gasteiger partial charge in [-0.15, -0.1) is 0 Å². The predicted octanol–water partition coefficient (Wildman–Crippen LogP) is 4.03. The summed E-state index contributed by atoms with van der Waals surface area (Å²) < 4.78 is 5.78. The topological polar surface area (TPSA) is 35.2 Å². The molecule has 0 fully saturated rings. The fourth-order valence-corrected chi connectivity index (χ4v) is 2.01. The molecule has 18 heavy (non-hydrogen) atoms. The SMILES string of the molecule is CCCOc1ccccc1-c1cc(C)cc(N)c1. The third-order valence-corrected chi connectivity index (χ3v) is 2.76. The van der Waals surface area contributed by atoms with Crippen molar-refractivity contribution in [2.45, 2.75) is 20.3 Å². The summed E-state index contributed by atoms with van der Waals surface area (Å²) in [7, 11) is 0. The highest BCUT2D eigenvalue weighted by Gasteiger charge is 2.06. The van der Waals surface area contributed by atoms with Crippen LogP contribution >= 0.6 is 0 Å². The first kappa shape index (κ1) is 12.5. The molecule has 94 valence electrons. The summed E-state index contributed by atoms with van der Waals surface area (Å²) in [6.07, 6.45) is 1.00. The maximum Gasteiger partial charge on any atom is 0.127 e. The maximum atomic E-state index is 5.91. The Hall–Kier alpha value is -1.96. The first-order chi connectivity index (χ1) is 8.70. The van der Waals surface area contributed by atoms with Gasteiger partial charge in [0.15, 0.2) is 0 Å². The van der Waals surface area contributed by atoms with Crippen LogP contribution in [0.15, 0.2) is 42.5 Å². The van der Waals surface area contributed by atoms with Gasteiger partial charge in [0.25, 0.3) is 0 Å². The molecule has 0 aliphatic rings. The summed E-state index contributed by atoms with van der Waals surface area (Å²) in [4.78, 5) is 0. The summed E-state index contributed by atoms with van der Waals surface area (Å²) in [6, 6.07) is 14.2. The van der Waals surface area contributed by atoms with Crippen LogP contribution in [0.4, 0.5) is 5.69 Å². The second kappa shape index (κ2) is 5.58. The van der Waals surface area contributed by atoms with E-state index in [0.717, 1.165) is 41.2 Å². The van der Waals surface area contributed by atoms with E-state index in [9.17, 15) is 0 Å². The molecule has 0 amide bonds. The lowest BCUT2D eigenvalue weighted by molar-refractivity contribution is 0.318. The largest absolute Gasteiger partial charge is 0.493 e. The molecule has 0 radical (unpaired) electrons. The monoisotopic (exact) mass is 241 g/mol. The Bertz CT molecular complexity index is 514. The normalized spacial score (nSPS) is 10.3. The minimum Gasteiger partial charge on any atom is -0.493 e. The Labute approximate surface area is 108 Å². The highest BCUT2D eigenvalue weighted by atomic mass is 16.5. The third kappa shape index (κ3) is 2.83. The van der Waals surface area contributed by atoms with Crippen LogP contribution in [-0.2, 0) is 0 Å². The summed E-state index contributed by atoms with van der Waals surface area (Å²) in [5, 5.41) is 0. The lowest BCUT2D eigenvalue weighted by atomic mass is 10.0. The molecule has 2 heteroatoms. The van der Waals surface area contributed by atoms with E-state index >= 15 is 0 Å². The van der Waals surface area contributed by atoms with Gasteiger partial charge >= 0.3 is 0 Å². The molecule has 0 aromatic heterocycles. The van der Waals surface area contributed by atoms with Crippen molar-refractivity contribution >= 4 is 5.69 Å². The highest BCUT2D eigenvalue weighted by molar-refractivity contribution is 5.73. The van der Waals surface area contributed by atoms with Crippen molar-refractivity contribution in [1.29, 1.82) is 0 Å². The fraction of sp³-hybridized carbons (Fsp3) is 0.250. The van der Waals surface area contributed by atoms with Gasteiger partial charge in [0.05, 0.1) is 6.61 Å². The van der Waals surface area contributed by atoms with Gasteiger partial charge in [-0.1, -0.05) is 31.2 Å². The van der Waals surface area contributed by atoms with Crippen molar-refractivity contribution in [3.63, 3.8) is 0 Å². The molecule has 0 heterocycles. The van der Waals surface area contributed by atoms with E-state index in [1.54, 1.807) is 0 Å². The van der Waals surface area contributed by atoms with Crippen LogP contribution in [-0.4, -0.2) is 6.61 Å². The molecule has 0 aliphatic carbocycles. The van der Waals surface area contributed by atoms with Gasteiger partial charge in [-0.2, -0.15) is 0 Å². The predicted molar refractivity (Wildman–Crippen MR) is 76.8 cm³/mol. The number of nitrogen functional groups attached to an aromatic ring is 1. The molecule has 0 spiro atoms. The standard InChI is InChI=1S/C16H19NO/c1-3-8-18-16-7-5-4-6-15(16)13-9-12(2)10-14(17)11-13/h4-7,9-11H,3,8,17H2,1-2H3. The lowest BCUT2D eigenvalue weighted by Crippen LogP contribution is -1.97. The molecule has 2 aromatic carbocycles. The molecular formula is C16H19NO. The van der Waals surface area contributed by atoms with Crippen LogP contribution < -0.4 is 10.5 Å². The van der Waals surface area contributed by atoms with Crippen molar-refractivity contribution in [2.24, 2.45) is 0 Å². The molecule has 0 aliphatic heterocycles. The summed E-state index contributed by atoms with van der Waals surface area (Å²) in [6.45, 7) is 4.89. The molecule has 0 saturated carbocycles. The molecule has 0 bridgehead atoms. The van der Waals surface area contributed by atoms with Crippen LogP contribution in [0, 0.1) is 6.92 Å². The van der Waals surface area contributed by atoms with Crippen molar-refractivity contribution in [3.05, 3.63) is 48.0 Å². The first-order valence-corrected chi connectivity index (χ1v) is 6.30. The quantitative estimate of drug-likeness (QED) is 0.820. The van der Waals surface area contributed by atoms with Gasteiger partial charge in [0.1, 0.15) is 5.75 Å². The van der Waals surface area contributed by atoms with E-state index in [1.165, 1.54) is 0 Å². The number of nitrogens with two attached hydrogens (primary N) is 1. The summed E-state index contributed by atoms with van der Waals surface area (Å²) in [5.74, 6) is 0.921. The van der Waals surface area contributed by atoms with Crippen LogP contribution in [0.2, 0.25) is 0 Å². The number of aryl methyl sites for hydroxylation is 1. The molecule has 0 unspecified atom stereocenters. The van der Waals surface area contributed by atoms with Crippen molar-refractivity contribution in [2.75, 3.05) is 12.3 Å². The zero-order valence-corrected chi connectivity index (χ0v) is 10.9. The summed E-state index contributed by atoms with van der Waals surface area (Å²) in [5.41, 5.74) is 10.1.